The Labute approximate surface area is 163 Å². The zero-order valence-corrected chi connectivity index (χ0v) is 15.5. The summed E-state index contributed by atoms with van der Waals surface area (Å²) in [7, 11) is 0. The highest BCUT2D eigenvalue weighted by Gasteiger charge is 2.23. The molecule has 28 heavy (non-hydrogen) atoms. The molecule has 2 amide bonds. The van der Waals surface area contributed by atoms with E-state index in [1.54, 1.807) is 0 Å². The second-order valence-corrected chi connectivity index (χ2v) is 6.27. The number of carbonyl (C=O) groups excluding carboxylic acids is 3. The number of hydrogen-bond donors (Lipinski definition) is 3. The lowest BCUT2D eigenvalue weighted by atomic mass is 10.1. The summed E-state index contributed by atoms with van der Waals surface area (Å²) in [4.78, 5) is 35.9. The van der Waals surface area contributed by atoms with E-state index in [1.165, 1.54) is 5.48 Å². The Bertz CT molecular complexity index is 765. The van der Waals surface area contributed by atoms with Gasteiger partial charge in [0.25, 0.3) is 0 Å². The molecule has 1 atom stereocenters. The van der Waals surface area contributed by atoms with Crippen molar-refractivity contribution in [1.82, 2.24) is 10.8 Å². The molecular formula is C21H24N2O5. The number of rotatable bonds is 10. The lowest BCUT2D eigenvalue weighted by Gasteiger charge is -2.17. The number of aryl methyl sites for hydroxylation is 1. The van der Waals surface area contributed by atoms with Crippen LogP contribution in [-0.2, 0) is 32.1 Å². The van der Waals surface area contributed by atoms with Gasteiger partial charge in [-0.25, -0.2) is 10.3 Å². The van der Waals surface area contributed by atoms with Gasteiger partial charge in [-0.3, -0.25) is 14.8 Å². The summed E-state index contributed by atoms with van der Waals surface area (Å²) in [5, 5.41) is 11.3. The maximum atomic E-state index is 12.4. The first-order valence-corrected chi connectivity index (χ1v) is 9.05. The van der Waals surface area contributed by atoms with Crippen LogP contribution in [0.3, 0.4) is 0 Å². The fourth-order valence-electron chi connectivity index (χ4n) is 2.58. The first kappa shape index (κ1) is 21.1. The number of esters is 1. The Kier molecular flexibility index (Phi) is 8.68. The first-order valence-electron chi connectivity index (χ1n) is 9.05. The van der Waals surface area contributed by atoms with E-state index in [0.29, 0.717) is 6.42 Å². The van der Waals surface area contributed by atoms with Crippen LogP contribution in [0, 0.1) is 0 Å². The number of amides is 2. The maximum absolute atomic E-state index is 12.4. The molecule has 0 unspecified atom stereocenters. The van der Waals surface area contributed by atoms with Gasteiger partial charge in [0.05, 0.1) is 0 Å². The van der Waals surface area contributed by atoms with Crippen molar-refractivity contribution in [3.8, 4) is 0 Å². The number of nitrogens with one attached hydrogen (secondary N) is 2. The molecule has 0 fully saturated rings. The number of hydroxylamine groups is 1. The van der Waals surface area contributed by atoms with Gasteiger partial charge in [-0.1, -0.05) is 60.7 Å². The Morgan fingerprint density at radius 3 is 2.07 bits per heavy atom. The fourth-order valence-corrected chi connectivity index (χ4v) is 2.58. The highest BCUT2D eigenvalue weighted by Crippen LogP contribution is 2.07. The van der Waals surface area contributed by atoms with E-state index >= 15 is 0 Å². The number of benzene rings is 2. The van der Waals surface area contributed by atoms with E-state index in [-0.39, 0.29) is 31.8 Å². The second kappa shape index (κ2) is 11.5. The lowest BCUT2D eigenvalue weighted by molar-refractivity contribution is -0.149. The minimum absolute atomic E-state index is 0.0249. The van der Waals surface area contributed by atoms with Crippen molar-refractivity contribution in [2.24, 2.45) is 0 Å². The molecule has 0 saturated heterocycles. The highest BCUT2D eigenvalue weighted by atomic mass is 16.5. The molecule has 7 nitrogen and oxygen atoms in total. The fraction of sp³-hybridized carbons (Fsp3) is 0.286. The molecule has 148 valence electrons. The molecule has 0 aromatic heterocycles. The van der Waals surface area contributed by atoms with Crippen molar-refractivity contribution >= 4 is 17.8 Å². The summed E-state index contributed by atoms with van der Waals surface area (Å²) in [5.74, 6) is -1.57. The highest BCUT2D eigenvalue weighted by molar-refractivity contribution is 5.85. The number of ether oxygens (including phenoxy) is 1. The lowest BCUT2D eigenvalue weighted by Crippen LogP contribution is -2.42. The molecule has 0 aliphatic heterocycles. The Morgan fingerprint density at radius 1 is 0.857 bits per heavy atom. The van der Waals surface area contributed by atoms with Crippen LogP contribution in [0.4, 0.5) is 0 Å². The van der Waals surface area contributed by atoms with E-state index in [2.05, 4.69) is 5.32 Å². The molecule has 0 spiro atoms. The third kappa shape index (κ3) is 7.59. The summed E-state index contributed by atoms with van der Waals surface area (Å²) in [6.45, 7) is 0.0717. The Morgan fingerprint density at radius 2 is 1.46 bits per heavy atom. The van der Waals surface area contributed by atoms with Gasteiger partial charge < -0.3 is 10.1 Å². The molecule has 0 bridgehead atoms. The molecule has 2 rings (SSSR count). The molecule has 3 N–H and O–H groups in total. The molecule has 0 aliphatic carbocycles. The molecule has 0 saturated carbocycles. The third-order valence-electron chi connectivity index (χ3n) is 4.11. The standard InChI is InChI=1S/C21H24N2O5/c24-19(13-11-16-7-3-1-4-8-16)22-18(12-14-20(25)23-27)21(26)28-15-17-9-5-2-6-10-17/h1-10,18,27H,11-15H2,(H,22,24)(H,23,25)/t18-/m0/s1. The maximum Gasteiger partial charge on any atom is 0.328 e. The minimum atomic E-state index is -0.968. The van der Waals surface area contributed by atoms with Crippen LogP contribution in [0.2, 0.25) is 0 Å². The van der Waals surface area contributed by atoms with Crippen LogP contribution in [0.15, 0.2) is 60.7 Å². The predicted octanol–water partition coefficient (Wildman–Crippen LogP) is 2.13. The average molecular weight is 384 g/mol. The van der Waals surface area contributed by atoms with Crippen LogP contribution >= 0.6 is 0 Å². The molecule has 7 heteroatoms. The molecule has 2 aromatic carbocycles. The van der Waals surface area contributed by atoms with Gasteiger partial charge in [-0.15, -0.1) is 0 Å². The minimum Gasteiger partial charge on any atom is -0.459 e. The van der Waals surface area contributed by atoms with Crippen LogP contribution in [0.5, 0.6) is 0 Å². The topological polar surface area (TPSA) is 105 Å². The monoisotopic (exact) mass is 384 g/mol. The molecule has 0 heterocycles. The van der Waals surface area contributed by atoms with Crippen LogP contribution in [0.25, 0.3) is 0 Å². The van der Waals surface area contributed by atoms with E-state index in [9.17, 15) is 14.4 Å². The largest absolute Gasteiger partial charge is 0.459 e. The van der Waals surface area contributed by atoms with Crippen molar-refractivity contribution in [2.75, 3.05) is 0 Å². The van der Waals surface area contributed by atoms with Gasteiger partial charge in [0, 0.05) is 12.8 Å². The smallest absolute Gasteiger partial charge is 0.328 e. The van der Waals surface area contributed by atoms with Gasteiger partial charge in [0.1, 0.15) is 12.6 Å². The normalized spacial score (nSPS) is 11.3. The summed E-state index contributed by atoms with van der Waals surface area (Å²) < 4.78 is 5.27. The van der Waals surface area contributed by atoms with Crippen molar-refractivity contribution in [3.05, 3.63) is 71.8 Å². The molecule has 0 aliphatic rings. The summed E-state index contributed by atoms with van der Waals surface area (Å²) >= 11 is 0. The average Bonchev–Trinajstić information content (AvgIpc) is 2.74. The van der Waals surface area contributed by atoms with Gasteiger partial charge >= 0.3 is 5.97 Å². The van der Waals surface area contributed by atoms with E-state index in [1.807, 2.05) is 60.7 Å². The SMILES string of the molecule is O=C(CC[C@H](NC(=O)CCc1ccccc1)C(=O)OCc1ccccc1)NO. The predicted molar refractivity (Wildman–Crippen MR) is 102 cm³/mol. The van der Waals surface area contributed by atoms with Gasteiger partial charge in [0.2, 0.25) is 11.8 Å². The van der Waals surface area contributed by atoms with Gasteiger partial charge in [-0.05, 0) is 24.0 Å². The van der Waals surface area contributed by atoms with Crippen molar-refractivity contribution in [1.29, 1.82) is 0 Å². The molecule has 0 radical (unpaired) electrons. The number of hydrogen-bond acceptors (Lipinski definition) is 5. The van der Waals surface area contributed by atoms with E-state index < -0.39 is 17.9 Å². The zero-order chi connectivity index (χ0) is 20.2. The number of carbonyl (C=O) groups is 3. The quantitative estimate of drug-likeness (QED) is 0.331. The van der Waals surface area contributed by atoms with Crippen molar-refractivity contribution in [2.45, 2.75) is 38.3 Å². The first-order chi connectivity index (χ1) is 13.6. The van der Waals surface area contributed by atoms with Crippen LogP contribution in [-0.4, -0.2) is 29.0 Å². The molecular weight excluding hydrogens is 360 g/mol. The summed E-state index contributed by atoms with van der Waals surface area (Å²) in [5.41, 5.74) is 3.35. The summed E-state index contributed by atoms with van der Waals surface area (Å²) in [6, 6.07) is 17.7. The van der Waals surface area contributed by atoms with Gasteiger partial charge in [-0.2, -0.15) is 0 Å². The van der Waals surface area contributed by atoms with E-state index in [4.69, 9.17) is 9.94 Å². The Balaban J connectivity index is 1.90. The van der Waals surface area contributed by atoms with Gasteiger partial charge in [0.15, 0.2) is 0 Å². The summed E-state index contributed by atoms with van der Waals surface area (Å²) in [6.07, 6.45) is 0.645. The van der Waals surface area contributed by atoms with Crippen molar-refractivity contribution < 1.29 is 24.3 Å². The van der Waals surface area contributed by atoms with E-state index in [0.717, 1.165) is 11.1 Å². The Hall–Kier alpha value is -3.19. The molecule has 2 aromatic rings. The van der Waals surface area contributed by atoms with Crippen molar-refractivity contribution in [3.63, 3.8) is 0 Å². The second-order valence-electron chi connectivity index (χ2n) is 6.27. The zero-order valence-electron chi connectivity index (χ0n) is 15.5. The van der Waals surface area contributed by atoms with Crippen LogP contribution < -0.4 is 10.8 Å². The van der Waals surface area contributed by atoms with Crippen LogP contribution in [0.1, 0.15) is 30.4 Å². The third-order valence-corrected chi connectivity index (χ3v) is 4.11.